The summed E-state index contributed by atoms with van der Waals surface area (Å²) in [6.07, 6.45) is 9.85. The van der Waals surface area contributed by atoms with Crippen LogP contribution in [0.4, 0.5) is 5.82 Å². The van der Waals surface area contributed by atoms with Gasteiger partial charge >= 0.3 is 0 Å². The first-order valence-electron chi connectivity index (χ1n) is 10.7. The number of hydrogen-bond donors (Lipinski definition) is 1. The molecule has 3 aromatic heterocycles. The van der Waals surface area contributed by atoms with Gasteiger partial charge in [-0.1, -0.05) is 6.07 Å². The third kappa shape index (κ3) is 3.85. The van der Waals surface area contributed by atoms with E-state index in [1.807, 2.05) is 24.4 Å². The molecule has 7 heteroatoms. The second-order valence-electron chi connectivity index (χ2n) is 8.07. The van der Waals surface area contributed by atoms with E-state index in [1.165, 1.54) is 24.8 Å². The highest BCUT2D eigenvalue weighted by molar-refractivity contribution is 5.54. The smallest absolute Gasteiger partial charge is 0.255 e. The Morgan fingerprint density at radius 1 is 1.00 bits per heavy atom. The van der Waals surface area contributed by atoms with Gasteiger partial charge in [0.15, 0.2) is 0 Å². The van der Waals surface area contributed by atoms with E-state index in [4.69, 9.17) is 4.98 Å². The molecule has 0 unspecified atom stereocenters. The number of aromatic nitrogens is 4. The predicted molar refractivity (Wildman–Crippen MR) is 116 cm³/mol. The first kappa shape index (κ1) is 18.9. The SMILES string of the molecule is O=c1[nH]c(-c2ccncc2)nc2c1CN(Cc1cccnc1N1CCCCC1)CC2. The van der Waals surface area contributed by atoms with Gasteiger partial charge in [-0.15, -0.1) is 0 Å². The summed E-state index contributed by atoms with van der Waals surface area (Å²) in [7, 11) is 0. The molecule has 0 amide bonds. The molecule has 1 fully saturated rings. The van der Waals surface area contributed by atoms with E-state index in [1.54, 1.807) is 12.4 Å². The van der Waals surface area contributed by atoms with Crippen molar-refractivity contribution in [2.45, 2.75) is 38.8 Å². The van der Waals surface area contributed by atoms with Crippen molar-refractivity contribution in [3.8, 4) is 11.4 Å². The fourth-order valence-electron chi connectivity index (χ4n) is 4.45. The Morgan fingerprint density at radius 3 is 2.67 bits per heavy atom. The topological polar surface area (TPSA) is 78.0 Å². The zero-order chi connectivity index (χ0) is 20.3. The lowest BCUT2D eigenvalue weighted by Gasteiger charge is -2.32. The van der Waals surface area contributed by atoms with Crippen LogP contribution in [0.15, 0.2) is 47.7 Å². The van der Waals surface area contributed by atoms with Gasteiger partial charge in [-0.2, -0.15) is 0 Å². The second-order valence-corrected chi connectivity index (χ2v) is 8.07. The van der Waals surface area contributed by atoms with E-state index < -0.39 is 0 Å². The molecule has 7 nitrogen and oxygen atoms in total. The number of pyridine rings is 2. The fourth-order valence-corrected chi connectivity index (χ4v) is 4.45. The lowest BCUT2D eigenvalue weighted by Crippen LogP contribution is -2.36. The number of piperidine rings is 1. The molecule has 0 bridgehead atoms. The Hall–Kier alpha value is -3.06. The Morgan fingerprint density at radius 2 is 1.83 bits per heavy atom. The summed E-state index contributed by atoms with van der Waals surface area (Å²) in [4.78, 5) is 34.0. The maximum absolute atomic E-state index is 12.8. The Kier molecular flexibility index (Phi) is 5.27. The van der Waals surface area contributed by atoms with E-state index in [0.717, 1.165) is 55.2 Å². The minimum atomic E-state index is -0.0426. The number of rotatable bonds is 4. The van der Waals surface area contributed by atoms with Gasteiger partial charge in [-0.05, 0) is 37.5 Å². The van der Waals surface area contributed by atoms with E-state index in [0.29, 0.717) is 12.4 Å². The second kappa shape index (κ2) is 8.36. The lowest BCUT2D eigenvalue weighted by molar-refractivity contribution is 0.241. The summed E-state index contributed by atoms with van der Waals surface area (Å²) >= 11 is 0. The average molecular weight is 403 g/mol. The minimum absolute atomic E-state index is 0.0426. The van der Waals surface area contributed by atoms with Crippen molar-refractivity contribution in [2.24, 2.45) is 0 Å². The molecule has 2 aliphatic rings. The lowest BCUT2D eigenvalue weighted by atomic mass is 10.0. The van der Waals surface area contributed by atoms with Crippen molar-refractivity contribution in [3.05, 3.63) is 70.0 Å². The van der Waals surface area contributed by atoms with Crippen LogP contribution in [0.25, 0.3) is 11.4 Å². The van der Waals surface area contributed by atoms with Crippen LogP contribution in [0, 0.1) is 0 Å². The fraction of sp³-hybridized carbons (Fsp3) is 0.391. The van der Waals surface area contributed by atoms with Crippen LogP contribution in [0.1, 0.15) is 36.1 Å². The van der Waals surface area contributed by atoms with E-state index >= 15 is 0 Å². The molecule has 1 saturated heterocycles. The molecule has 3 aromatic rings. The van der Waals surface area contributed by atoms with E-state index in [2.05, 4.69) is 30.8 Å². The summed E-state index contributed by atoms with van der Waals surface area (Å²) in [5, 5.41) is 0. The van der Waals surface area contributed by atoms with Gasteiger partial charge in [-0.25, -0.2) is 9.97 Å². The average Bonchev–Trinajstić information content (AvgIpc) is 2.81. The molecule has 1 N–H and O–H groups in total. The monoisotopic (exact) mass is 402 g/mol. The third-order valence-corrected chi connectivity index (χ3v) is 6.02. The summed E-state index contributed by atoms with van der Waals surface area (Å²) in [6.45, 7) is 4.45. The van der Waals surface area contributed by atoms with Gasteiger partial charge in [0.2, 0.25) is 0 Å². The first-order chi connectivity index (χ1) is 14.8. The molecular weight excluding hydrogens is 376 g/mol. The number of fused-ring (bicyclic) bond motifs is 1. The summed E-state index contributed by atoms with van der Waals surface area (Å²) in [5.74, 6) is 1.72. The molecule has 0 radical (unpaired) electrons. The van der Waals surface area contributed by atoms with Crippen molar-refractivity contribution in [1.29, 1.82) is 0 Å². The summed E-state index contributed by atoms with van der Waals surface area (Å²) in [5.41, 5.74) is 3.76. The molecule has 0 aliphatic carbocycles. The van der Waals surface area contributed by atoms with E-state index in [-0.39, 0.29) is 5.56 Å². The van der Waals surface area contributed by atoms with Crippen LogP contribution < -0.4 is 10.5 Å². The molecule has 154 valence electrons. The normalized spacial score (nSPS) is 17.0. The standard InChI is InChI=1S/C23H26N6O/c30-23-19-16-28(14-8-20(19)26-21(27-23)17-6-10-24-11-7-17)15-18-5-4-9-25-22(18)29-12-2-1-3-13-29/h4-7,9-11H,1-3,8,12-16H2,(H,26,27,30). The molecule has 0 atom stereocenters. The number of nitrogens with one attached hydrogen (secondary N) is 1. The van der Waals surface area contributed by atoms with Crippen molar-refractivity contribution in [1.82, 2.24) is 24.8 Å². The molecule has 5 rings (SSSR count). The highest BCUT2D eigenvalue weighted by atomic mass is 16.1. The van der Waals surface area contributed by atoms with Gasteiger partial charge in [0.25, 0.3) is 5.56 Å². The van der Waals surface area contributed by atoms with Gasteiger partial charge in [-0.3, -0.25) is 14.7 Å². The summed E-state index contributed by atoms with van der Waals surface area (Å²) < 4.78 is 0. The van der Waals surface area contributed by atoms with E-state index in [9.17, 15) is 4.79 Å². The zero-order valence-electron chi connectivity index (χ0n) is 17.0. The minimum Gasteiger partial charge on any atom is -0.356 e. The number of hydrogen-bond acceptors (Lipinski definition) is 6. The van der Waals surface area contributed by atoms with Crippen LogP contribution in [0.2, 0.25) is 0 Å². The zero-order valence-corrected chi connectivity index (χ0v) is 17.0. The third-order valence-electron chi connectivity index (χ3n) is 6.02. The number of nitrogens with zero attached hydrogens (tertiary/aromatic N) is 5. The van der Waals surface area contributed by atoms with Gasteiger partial charge in [0.1, 0.15) is 11.6 Å². The van der Waals surface area contributed by atoms with Crippen molar-refractivity contribution < 1.29 is 0 Å². The summed E-state index contributed by atoms with van der Waals surface area (Å²) in [6, 6.07) is 7.91. The Labute approximate surface area is 175 Å². The molecule has 0 aromatic carbocycles. The van der Waals surface area contributed by atoms with Crippen molar-refractivity contribution in [2.75, 3.05) is 24.5 Å². The highest BCUT2D eigenvalue weighted by Crippen LogP contribution is 2.25. The molecular formula is C23H26N6O. The van der Waals surface area contributed by atoms with Crippen LogP contribution >= 0.6 is 0 Å². The van der Waals surface area contributed by atoms with Crippen LogP contribution in [0.5, 0.6) is 0 Å². The molecule has 0 spiro atoms. The van der Waals surface area contributed by atoms with Crippen LogP contribution in [-0.2, 0) is 19.5 Å². The Bertz CT molecular complexity index is 1070. The van der Waals surface area contributed by atoms with Gasteiger partial charge < -0.3 is 9.88 Å². The van der Waals surface area contributed by atoms with Crippen LogP contribution in [0.3, 0.4) is 0 Å². The highest BCUT2D eigenvalue weighted by Gasteiger charge is 2.23. The molecule has 0 saturated carbocycles. The quantitative estimate of drug-likeness (QED) is 0.723. The van der Waals surface area contributed by atoms with Crippen LogP contribution in [-0.4, -0.2) is 44.5 Å². The largest absolute Gasteiger partial charge is 0.356 e. The number of anilines is 1. The Balaban J connectivity index is 1.36. The van der Waals surface area contributed by atoms with Crippen molar-refractivity contribution in [3.63, 3.8) is 0 Å². The predicted octanol–water partition coefficient (Wildman–Crippen LogP) is 2.78. The maximum atomic E-state index is 12.8. The molecule has 30 heavy (non-hydrogen) atoms. The number of H-pyrrole nitrogens is 1. The maximum Gasteiger partial charge on any atom is 0.255 e. The van der Waals surface area contributed by atoms with Gasteiger partial charge in [0, 0.05) is 68.9 Å². The molecule has 5 heterocycles. The molecule has 2 aliphatic heterocycles. The number of aromatic amines is 1. The first-order valence-corrected chi connectivity index (χ1v) is 10.7. The van der Waals surface area contributed by atoms with Crippen molar-refractivity contribution >= 4 is 5.82 Å². The van der Waals surface area contributed by atoms with Gasteiger partial charge in [0.05, 0.1) is 11.3 Å².